The molecule has 0 amide bonds. The van der Waals surface area contributed by atoms with Gasteiger partial charge >= 0.3 is 0 Å². The minimum atomic E-state index is 0.301. The lowest BCUT2D eigenvalue weighted by Crippen LogP contribution is -2.35. The molecule has 1 aromatic heterocycles. The second kappa shape index (κ2) is 7.53. The van der Waals surface area contributed by atoms with Gasteiger partial charge in [0.15, 0.2) is 0 Å². The molecule has 21 heavy (non-hydrogen) atoms. The number of benzene rings is 1. The number of aromatic nitrogens is 1. The molecular formula is C18H27N3. The van der Waals surface area contributed by atoms with Crippen molar-refractivity contribution in [1.29, 1.82) is 0 Å². The van der Waals surface area contributed by atoms with Crippen LogP contribution in [0.25, 0.3) is 10.9 Å². The number of rotatable bonds is 7. The van der Waals surface area contributed by atoms with E-state index in [9.17, 15) is 0 Å². The fraction of sp³-hybridized carbons (Fsp3) is 0.500. The number of nitrogens with two attached hydrogens (primary N) is 1. The third-order valence-corrected chi connectivity index (χ3v) is 3.92. The second-order valence-corrected chi connectivity index (χ2v) is 5.69. The second-order valence-electron chi connectivity index (χ2n) is 5.69. The Labute approximate surface area is 128 Å². The first-order valence-electron chi connectivity index (χ1n) is 8.01. The fourth-order valence-electron chi connectivity index (χ4n) is 2.95. The summed E-state index contributed by atoms with van der Waals surface area (Å²) in [5.41, 5.74) is 9.50. The van der Waals surface area contributed by atoms with E-state index in [0.717, 1.165) is 37.1 Å². The van der Waals surface area contributed by atoms with Crippen molar-refractivity contribution in [2.75, 3.05) is 19.6 Å². The summed E-state index contributed by atoms with van der Waals surface area (Å²) < 4.78 is 0. The molecule has 0 aliphatic rings. The predicted molar refractivity (Wildman–Crippen MR) is 90.4 cm³/mol. The molecule has 114 valence electrons. The van der Waals surface area contributed by atoms with Gasteiger partial charge in [-0.15, -0.1) is 0 Å². The van der Waals surface area contributed by atoms with Gasteiger partial charge < -0.3 is 5.73 Å². The third kappa shape index (κ3) is 3.80. The van der Waals surface area contributed by atoms with Crippen molar-refractivity contribution in [3.05, 3.63) is 41.6 Å². The quantitative estimate of drug-likeness (QED) is 0.844. The lowest BCUT2D eigenvalue weighted by Gasteiger charge is -2.31. The summed E-state index contributed by atoms with van der Waals surface area (Å²) >= 11 is 0. The van der Waals surface area contributed by atoms with Crippen LogP contribution in [0.3, 0.4) is 0 Å². The molecule has 0 saturated heterocycles. The highest BCUT2D eigenvalue weighted by molar-refractivity contribution is 5.79. The predicted octanol–water partition coefficient (Wildman–Crippen LogP) is 3.67. The van der Waals surface area contributed by atoms with Crippen molar-refractivity contribution in [1.82, 2.24) is 9.88 Å². The van der Waals surface area contributed by atoms with E-state index >= 15 is 0 Å². The van der Waals surface area contributed by atoms with Crippen LogP contribution in [0.1, 0.15) is 44.0 Å². The first kappa shape index (κ1) is 15.9. The molecule has 3 nitrogen and oxygen atoms in total. The van der Waals surface area contributed by atoms with Crippen LogP contribution in [-0.4, -0.2) is 29.5 Å². The maximum absolute atomic E-state index is 6.08. The van der Waals surface area contributed by atoms with Gasteiger partial charge in [-0.25, -0.2) is 0 Å². The summed E-state index contributed by atoms with van der Waals surface area (Å²) in [6.45, 7) is 9.33. The summed E-state index contributed by atoms with van der Waals surface area (Å²) in [5.74, 6) is 0. The molecule has 1 aromatic carbocycles. The van der Waals surface area contributed by atoms with E-state index in [1.54, 1.807) is 0 Å². The fourth-order valence-corrected chi connectivity index (χ4v) is 2.95. The highest BCUT2D eigenvalue weighted by atomic mass is 15.2. The Morgan fingerprint density at radius 1 is 1.10 bits per heavy atom. The summed E-state index contributed by atoms with van der Waals surface area (Å²) in [5, 5.41) is 1.20. The molecule has 0 radical (unpaired) electrons. The first-order chi connectivity index (χ1) is 10.2. The summed E-state index contributed by atoms with van der Waals surface area (Å²) in [7, 11) is 0. The molecule has 1 atom stereocenters. The smallest absolute Gasteiger partial charge is 0.0705 e. The lowest BCUT2D eigenvalue weighted by molar-refractivity contribution is 0.202. The zero-order valence-corrected chi connectivity index (χ0v) is 13.5. The number of aryl methyl sites for hydroxylation is 1. The van der Waals surface area contributed by atoms with Crippen molar-refractivity contribution in [2.24, 2.45) is 5.73 Å². The molecule has 2 rings (SSSR count). The van der Waals surface area contributed by atoms with Crippen LogP contribution in [0.15, 0.2) is 30.3 Å². The van der Waals surface area contributed by atoms with Gasteiger partial charge in [-0.2, -0.15) is 0 Å². The normalized spacial score (nSPS) is 13.0. The van der Waals surface area contributed by atoms with Crippen LogP contribution >= 0.6 is 0 Å². The summed E-state index contributed by atoms with van der Waals surface area (Å²) in [6.07, 6.45) is 2.32. The van der Waals surface area contributed by atoms with E-state index in [1.165, 1.54) is 10.9 Å². The molecule has 1 unspecified atom stereocenters. The summed E-state index contributed by atoms with van der Waals surface area (Å²) in [6, 6.07) is 11.1. The molecular weight excluding hydrogens is 258 g/mol. The van der Waals surface area contributed by atoms with Crippen LogP contribution in [0, 0.1) is 6.92 Å². The topological polar surface area (TPSA) is 42.1 Å². The monoisotopic (exact) mass is 285 g/mol. The number of hydrogen-bond donors (Lipinski definition) is 1. The van der Waals surface area contributed by atoms with E-state index in [2.05, 4.69) is 54.1 Å². The number of fused-ring (bicyclic) bond motifs is 1. The standard InChI is InChI=1S/C18H27N3/c1-4-10-21(11-5-2)18(13-19)16-8-9-17-15(12-16)7-6-14(3)20-17/h6-9,12,18H,4-5,10-11,13,19H2,1-3H3. The van der Waals surface area contributed by atoms with Gasteiger partial charge in [0.1, 0.15) is 0 Å². The van der Waals surface area contributed by atoms with E-state index in [-0.39, 0.29) is 0 Å². The number of pyridine rings is 1. The minimum Gasteiger partial charge on any atom is -0.329 e. The number of nitrogens with zero attached hydrogens (tertiary/aromatic N) is 2. The molecule has 3 heteroatoms. The maximum Gasteiger partial charge on any atom is 0.0705 e. The maximum atomic E-state index is 6.08. The van der Waals surface area contributed by atoms with Crippen molar-refractivity contribution in [3.63, 3.8) is 0 Å². The summed E-state index contributed by atoms with van der Waals surface area (Å²) in [4.78, 5) is 7.08. The Morgan fingerprint density at radius 2 is 1.81 bits per heavy atom. The van der Waals surface area contributed by atoms with Crippen molar-refractivity contribution < 1.29 is 0 Å². The Kier molecular flexibility index (Phi) is 5.71. The zero-order valence-electron chi connectivity index (χ0n) is 13.5. The van der Waals surface area contributed by atoms with Crippen LogP contribution in [0.2, 0.25) is 0 Å². The van der Waals surface area contributed by atoms with Gasteiger partial charge in [0.25, 0.3) is 0 Å². The Bertz CT molecular complexity index is 574. The van der Waals surface area contributed by atoms with Crippen molar-refractivity contribution in [3.8, 4) is 0 Å². The van der Waals surface area contributed by atoms with Crippen LogP contribution in [0.5, 0.6) is 0 Å². The zero-order chi connectivity index (χ0) is 15.2. The molecule has 2 N–H and O–H groups in total. The molecule has 1 heterocycles. The van der Waals surface area contributed by atoms with Gasteiger partial charge in [0, 0.05) is 23.7 Å². The third-order valence-electron chi connectivity index (χ3n) is 3.92. The van der Waals surface area contributed by atoms with Crippen LogP contribution in [-0.2, 0) is 0 Å². The number of hydrogen-bond acceptors (Lipinski definition) is 3. The van der Waals surface area contributed by atoms with Gasteiger partial charge in [0.05, 0.1) is 5.52 Å². The van der Waals surface area contributed by atoms with E-state index in [0.29, 0.717) is 12.6 Å². The molecule has 0 aliphatic heterocycles. The van der Waals surface area contributed by atoms with Crippen molar-refractivity contribution in [2.45, 2.75) is 39.7 Å². The van der Waals surface area contributed by atoms with E-state index in [4.69, 9.17) is 5.73 Å². The van der Waals surface area contributed by atoms with Crippen molar-refractivity contribution >= 4 is 10.9 Å². The SMILES string of the molecule is CCCN(CCC)C(CN)c1ccc2nc(C)ccc2c1. The van der Waals surface area contributed by atoms with E-state index in [1.807, 2.05) is 6.92 Å². The molecule has 0 fully saturated rings. The molecule has 0 bridgehead atoms. The molecule has 0 saturated carbocycles. The average molecular weight is 285 g/mol. The highest BCUT2D eigenvalue weighted by Gasteiger charge is 2.18. The molecule has 0 spiro atoms. The van der Waals surface area contributed by atoms with E-state index < -0.39 is 0 Å². The molecule has 2 aromatic rings. The van der Waals surface area contributed by atoms with Gasteiger partial charge in [0.2, 0.25) is 0 Å². The Balaban J connectivity index is 2.34. The van der Waals surface area contributed by atoms with Gasteiger partial charge in [-0.1, -0.05) is 26.0 Å². The highest BCUT2D eigenvalue weighted by Crippen LogP contribution is 2.24. The lowest BCUT2D eigenvalue weighted by atomic mass is 10.0. The minimum absolute atomic E-state index is 0.301. The first-order valence-corrected chi connectivity index (χ1v) is 8.01. The van der Waals surface area contributed by atoms with Gasteiger partial charge in [-0.05, 0) is 56.6 Å². The average Bonchev–Trinajstić information content (AvgIpc) is 2.48. The van der Waals surface area contributed by atoms with Gasteiger partial charge in [-0.3, -0.25) is 9.88 Å². The molecule has 0 aliphatic carbocycles. The van der Waals surface area contributed by atoms with Crippen LogP contribution < -0.4 is 5.73 Å². The Hall–Kier alpha value is -1.45. The Morgan fingerprint density at radius 3 is 2.43 bits per heavy atom. The van der Waals surface area contributed by atoms with Crippen LogP contribution in [0.4, 0.5) is 0 Å². The largest absolute Gasteiger partial charge is 0.329 e.